The van der Waals surface area contributed by atoms with Crippen molar-refractivity contribution in [2.75, 3.05) is 51.1 Å². The van der Waals surface area contributed by atoms with Gasteiger partial charge in [0.05, 0.1) is 30.2 Å². The van der Waals surface area contributed by atoms with Crippen molar-refractivity contribution in [3.05, 3.63) is 119 Å². The maximum absolute atomic E-state index is 13.6. The van der Waals surface area contributed by atoms with E-state index in [4.69, 9.17) is 5.73 Å². The third-order valence-corrected chi connectivity index (χ3v) is 9.05. The SMILES string of the molecule is CC(NC(=O)C1(C=O)C=C(N)C=CC1N(C)C)c1ccccc1.CC(NC(=O)c1cc(N2CCC(F)(F)C2)ccc1N(C)C)c1ccccc1. The Morgan fingerprint density at radius 1 is 0.920 bits per heavy atom. The summed E-state index contributed by atoms with van der Waals surface area (Å²) < 4.78 is 27.2. The molecule has 3 aromatic carbocycles. The van der Waals surface area contributed by atoms with E-state index in [1.165, 1.54) is 6.08 Å². The third-order valence-electron chi connectivity index (χ3n) is 9.05. The van der Waals surface area contributed by atoms with Crippen molar-refractivity contribution in [1.29, 1.82) is 0 Å². The van der Waals surface area contributed by atoms with Crippen molar-refractivity contribution >= 4 is 29.5 Å². The predicted octanol–water partition coefficient (Wildman–Crippen LogP) is 5.48. The molecule has 1 aliphatic carbocycles. The van der Waals surface area contributed by atoms with Gasteiger partial charge >= 0.3 is 0 Å². The lowest BCUT2D eigenvalue weighted by Gasteiger charge is -2.37. The molecule has 0 aromatic heterocycles. The highest BCUT2D eigenvalue weighted by atomic mass is 19.3. The summed E-state index contributed by atoms with van der Waals surface area (Å²) in [5.74, 6) is -3.25. The van der Waals surface area contributed by atoms with Gasteiger partial charge in [0, 0.05) is 44.1 Å². The van der Waals surface area contributed by atoms with E-state index in [0.29, 0.717) is 23.2 Å². The molecule has 50 heavy (non-hydrogen) atoms. The van der Waals surface area contributed by atoms with Crippen LogP contribution in [-0.4, -0.2) is 76.2 Å². The molecule has 3 aromatic rings. The van der Waals surface area contributed by atoms with E-state index in [9.17, 15) is 23.2 Å². The highest BCUT2D eigenvalue weighted by Gasteiger charge is 2.46. The van der Waals surface area contributed by atoms with Gasteiger partial charge in [0.25, 0.3) is 11.8 Å². The van der Waals surface area contributed by atoms with Crippen LogP contribution in [0.4, 0.5) is 20.2 Å². The number of rotatable bonds is 10. The molecule has 1 saturated heterocycles. The summed E-state index contributed by atoms with van der Waals surface area (Å²) in [7, 11) is 7.37. The van der Waals surface area contributed by atoms with Crippen LogP contribution in [0.2, 0.25) is 0 Å². The van der Waals surface area contributed by atoms with Crippen LogP contribution in [0.25, 0.3) is 0 Å². The van der Waals surface area contributed by atoms with Crippen molar-refractivity contribution < 1.29 is 23.2 Å². The third kappa shape index (κ3) is 8.95. The number of nitrogens with two attached hydrogens (primary N) is 1. The van der Waals surface area contributed by atoms with Gasteiger partial charge in [-0.15, -0.1) is 0 Å². The molecule has 0 saturated carbocycles. The quantitative estimate of drug-likeness (QED) is 0.191. The van der Waals surface area contributed by atoms with E-state index >= 15 is 0 Å². The Morgan fingerprint density at radius 2 is 1.50 bits per heavy atom. The van der Waals surface area contributed by atoms with Gasteiger partial charge in [0.1, 0.15) is 11.7 Å². The average molecular weight is 687 g/mol. The van der Waals surface area contributed by atoms with Gasteiger partial charge in [-0.3, -0.25) is 9.59 Å². The number of hydrogen-bond donors (Lipinski definition) is 3. The number of carbonyl (C=O) groups is 3. The molecule has 5 rings (SSSR count). The molecule has 2 aliphatic rings. The first-order valence-corrected chi connectivity index (χ1v) is 16.6. The number of carbonyl (C=O) groups excluding carboxylic acids is 3. The number of nitrogens with one attached hydrogen (secondary N) is 2. The number of halogens is 2. The Balaban J connectivity index is 0.000000228. The molecule has 0 spiro atoms. The van der Waals surface area contributed by atoms with Gasteiger partial charge in [-0.25, -0.2) is 8.78 Å². The summed E-state index contributed by atoms with van der Waals surface area (Å²) in [6.45, 7) is 3.79. The fraction of sp³-hybridized carbons (Fsp3) is 0.359. The average Bonchev–Trinajstić information content (AvgIpc) is 3.47. The van der Waals surface area contributed by atoms with Gasteiger partial charge < -0.3 is 35.9 Å². The molecule has 2 amide bonds. The molecule has 4 N–H and O–H groups in total. The topological polar surface area (TPSA) is 111 Å². The highest BCUT2D eigenvalue weighted by Crippen LogP contribution is 2.34. The zero-order chi connectivity index (χ0) is 36.6. The van der Waals surface area contributed by atoms with Crippen LogP contribution in [0, 0.1) is 5.41 Å². The van der Waals surface area contributed by atoms with Crippen LogP contribution in [-0.2, 0) is 9.59 Å². The van der Waals surface area contributed by atoms with Gasteiger partial charge in [-0.05, 0) is 69.4 Å². The number of aldehydes is 1. The van der Waals surface area contributed by atoms with Crippen LogP contribution in [0.5, 0.6) is 0 Å². The predicted molar refractivity (Wildman–Crippen MR) is 195 cm³/mol. The minimum atomic E-state index is -2.68. The molecular weight excluding hydrogens is 638 g/mol. The molecule has 4 unspecified atom stereocenters. The number of hydrogen-bond acceptors (Lipinski definition) is 7. The van der Waals surface area contributed by atoms with Crippen molar-refractivity contribution in [3.8, 4) is 0 Å². The summed E-state index contributed by atoms with van der Waals surface area (Å²) in [6, 6.07) is 23.9. The van der Waals surface area contributed by atoms with Crippen LogP contribution >= 0.6 is 0 Å². The van der Waals surface area contributed by atoms with Crippen molar-refractivity contribution in [3.63, 3.8) is 0 Å². The maximum Gasteiger partial charge on any atom is 0.266 e. The number of nitrogens with zero attached hydrogens (tertiary/aromatic N) is 3. The summed E-state index contributed by atoms with van der Waals surface area (Å²) in [4.78, 5) is 43.0. The largest absolute Gasteiger partial charge is 0.399 e. The Kier molecular flexibility index (Phi) is 12.2. The lowest BCUT2D eigenvalue weighted by molar-refractivity contribution is -0.136. The summed E-state index contributed by atoms with van der Waals surface area (Å²) in [5.41, 5.74) is 8.80. The summed E-state index contributed by atoms with van der Waals surface area (Å²) in [6.07, 6.45) is 5.57. The zero-order valence-corrected chi connectivity index (χ0v) is 29.6. The van der Waals surface area contributed by atoms with Crippen LogP contribution in [0.1, 0.15) is 53.8 Å². The van der Waals surface area contributed by atoms with Crippen LogP contribution in [0.3, 0.4) is 0 Å². The Labute approximate surface area is 293 Å². The van der Waals surface area contributed by atoms with Crippen molar-refractivity contribution in [2.24, 2.45) is 11.1 Å². The van der Waals surface area contributed by atoms with Gasteiger partial charge in [-0.2, -0.15) is 0 Å². The number of allylic oxidation sites excluding steroid dienone is 1. The van der Waals surface area contributed by atoms with Crippen molar-refractivity contribution in [1.82, 2.24) is 15.5 Å². The standard InChI is InChI=1S/C21H25F2N3O.C18H23N3O2/c1-15(16-7-5-4-6-8-16)24-20(27)18-13-17(9-10-19(18)25(2)3)26-12-11-21(22,23)14-26;1-13(14-7-5-4-6-8-14)20-17(23)18(12-22)11-15(19)9-10-16(18)21(2)3/h4-10,13,15H,11-12,14H2,1-3H3,(H,24,27);4-13,16H,19H2,1-3H3,(H,20,23). The fourth-order valence-corrected chi connectivity index (χ4v) is 6.22. The first kappa shape index (κ1) is 37.8. The van der Waals surface area contributed by atoms with Gasteiger partial charge in [0.15, 0.2) is 0 Å². The summed E-state index contributed by atoms with van der Waals surface area (Å²) in [5, 5.41) is 5.94. The van der Waals surface area contributed by atoms with E-state index in [2.05, 4.69) is 10.6 Å². The second kappa shape index (κ2) is 16.1. The molecular formula is C39H48F2N6O3. The van der Waals surface area contributed by atoms with Crippen LogP contribution < -0.4 is 26.2 Å². The smallest absolute Gasteiger partial charge is 0.266 e. The second-order valence-electron chi connectivity index (χ2n) is 13.3. The number of anilines is 2. The van der Waals surface area contributed by atoms with E-state index in [1.54, 1.807) is 29.2 Å². The van der Waals surface area contributed by atoms with Gasteiger partial charge in [-0.1, -0.05) is 66.7 Å². The molecule has 266 valence electrons. The monoisotopic (exact) mass is 686 g/mol. The normalized spacial score (nSPS) is 20.5. The number of benzene rings is 3. The lowest BCUT2D eigenvalue weighted by Crippen LogP contribution is -2.54. The zero-order valence-electron chi connectivity index (χ0n) is 29.6. The molecule has 0 bridgehead atoms. The van der Waals surface area contributed by atoms with Gasteiger partial charge in [0.2, 0.25) is 5.91 Å². The fourth-order valence-electron chi connectivity index (χ4n) is 6.22. The van der Waals surface area contributed by atoms with E-state index in [-0.39, 0.29) is 49.5 Å². The van der Waals surface area contributed by atoms with Crippen LogP contribution in [0.15, 0.2) is 103 Å². The molecule has 11 heteroatoms. The number of amides is 2. The minimum absolute atomic E-state index is 0.158. The Bertz CT molecular complexity index is 1700. The molecule has 1 heterocycles. The Hall–Kier alpha value is -5.03. The maximum atomic E-state index is 13.6. The first-order valence-electron chi connectivity index (χ1n) is 16.6. The first-order chi connectivity index (χ1) is 23.7. The summed E-state index contributed by atoms with van der Waals surface area (Å²) >= 11 is 0. The molecule has 4 atom stereocenters. The molecule has 9 nitrogen and oxygen atoms in total. The molecule has 0 radical (unpaired) electrons. The van der Waals surface area contributed by atoms with E-state index in [1.807, 2.05) is 119 Å². The number of alkyl halides is 2. The number of likely N-dealkylation sites (N-methyl/N-ethyl adjacent to an activating group) is 1. The van der Waals surface area contributed by atoms with Crippen molar-refractivity contribution in [2.45, 2.75) is 44.3 Å². The minimum Gasteiger partial charge on any atom is -0.399 e. The second-order valence-corrected chi connectivity index (χ2v) is 13.3. The van der Waals surface area contributed by atoms with E-state index < -0.39 is 11.3 Å². The molecule has 1 fully saturated rings. The highest BCUT2D eigenvalue weighted by molar-refractivity contribution is 6.01. The van der Waals surface area contributed by atoms with E-state index in [0.717, 1.165) is 16.8 Å². The Morgan fingerprint density at radius 3 is 2.00 bits per heavy atom. The molecule has 1 aliphatic heterocycles. The lowest BCUT2D eigenvalue weighted by atomic mass is 9.76.